The van der Waals surface area contributed by atoms with E-state index in [0.29, 0.717) is 11.7 Å². The van der Waals surface area contributed by atoms with Gasteiger partial charge in [-0.1, -0.05) is 12.8 Å². The number of hydrogen-bond donors (Lipinski definition) is 2. The highest BCUT2D eigenvalue weighted by Gasteiger charge is 2.35. The minimum Gasteiger partial charge on any atom is -0.351 e. The first kappa shape index (κ1) is 18.9. The number of amides is 4. The van der Waals surface area contributed by atoms with Crippen molar-refractivity contribution in [3.63, 3.8) is 0 Å². The minimum atomic E-state index is -0.647. The van der Waals surface area contributed by atoms with Gasteiger partial charge in [-0.2, -0.15) is 0 Å². The molecule has 8 heteroatoms. The van der Waals surface area contributed by atoms with Crippen molar-refractivity contribution >= 4 is 29.6 Å². The Bertz CT molecular complexity index is 974. The maximum absolute atomic E-state index is 12.9. The van der Waals surface area contributed by atoms with E-state index in [4.69, 9.17) is 0 Å². The van der Waals surface area contributed by atoms with Gasteiger partial charge in [-0.25, -0.2) is 14.1 Å². The number of hydrogen-bond acceptors (Lipinski definition) is 3. The number of anilines is 1. The number of nitrogens with one attached hydrogen (secondary N) is 2. The zero-order valence-corrected chi connectivity index (χ0v) is 15.7. The normalized spacial score (nSPS) is 18.5. The minimum absolute atomic E-state index is 0.133. The van der Waals surface area contributed by atoms with E-state index in [1.165, 1.54) is 37.1 Å². The van der Waals surface area contributed by atoms with Gasteiger partial charge in [0.2, 0.25) is 5.91 Å². The van der Waals surface area contributed by atoms with Crippen molar-refractivity contribution in [1.82, 2.24) is 14.8 Å². The molecule has 29 heavy (non-hydrogen) atoms. The summed E-state index contributed by atoms with van der Waals surface area (Å²) in [6.07, 6.45) is 10.3. The number of aromatic nitrogens is 1. The summed E-state index contributed by atoms with van der Waals surface area (Å²) in [7, 11) is 0. The predicted octanol–water partition coefficient (Wildman–Crippen LogP) is 3.27. The number of carbonyl (C=O) groups excluding carboxylic acids is 3. The SMILES string of the molecule is O=C(CN1C(=O)N/C(=C/c2ccn(C3CCCC3)c2)C1=O)Nc1ccc(F)cc1. The van der Waals surface area contributed by atoms with Crippen LogP contribution in [0.5, 0.6) is 0 Å². The summed E-state index contributed by atoms with van der Waals surface area (Å²) >= 11 is 0. The standard InChI is InChI=1S/C21H21FN4O3/c22-15-5-7-16(8-6-15)23-19(27)13-26-20(28)18(24-21(26)29)11-14-9-10-25(12-14)17-3-1-2-4-17/h5-12,17H,1-4,13H2,(H,23,27)(H,24,29)/b18-11+. The molecule has 0 unspecified atom stereocenters. The smallest absolute Gasteiger partial charge is 0.329 e. The Morgan fingerprint density at radius 3 is 2.62 bits per heavy atom. The fourth-order valence-corrected chi connectivity index (χ4v) is 3.70. The fraction of sp³-hybridized carbons (Fsp3) is 0.286. The molecule has 4 amide bonds. The van der Waals surface area contributed by atoms with Gasteiger partial charge in [-0.05, 0) is 54.8 Å². The first-order valence-corrected chi connectivity index (χ1v) is 9.57. The van der Waals surface area contributed by atoms with Crippen molar-refractivity contribution in [3.05, 3.63) is 59.8 Å². The summed E-state index contributed by atoms with van der Waals surface area (Å²) in [4.78, 5) is 37.7. The number of benzene rings is 1. The Morgan fingerprint density at radius 1 is 1.17 bits per heavy atom. The number of nitrogens with zero attached hydrogens (tertiary/aromatic N) is 2. The van der Waals surface area contributed by atoms with Crippen LogP contribution in [0.2, 0.25) is 0 Å². The molecule has 2 aromatic rings. The second kappa shape index (κ2) is 7.90. The summed E-state index contributed by atoms with van der Waals surface area (Å²) in [5.41, 5.74) is 1.33. The van der Waals surface area contributed by atoms with Gasteiger partial charge >= 0.3 is 6.03 Å². The molecule has 0 atom stereocenters. The van der Waals surface area contributed by atoms with Crippen molar-refractivity contribution < 1.29 is 18.8 Å². The molecule has 4 rings (SSSR count). The van der Waals surface area contributed by atoms with E-state index in [9.17, 15) is 18.8 Å². The number of halogens is 1. The maximum Gasteiger partial charge on any atom is 0.329 e. The molecule has 150 valence electrons. The molecular formula is C21H21FN4O3. The Labute approximate surface area is 167 Å². The predicted molar refractivity (Wildman–Crippen MR) is 105 cm³/mol. The summed E-state index contributed by atoms with van der Waals surface area (Å²) in [6, 6.07) is 6.96. The highest BCUT2D eigenvalue weighted by Crippen LogP contribution is 2.30. The third-order valence-corrected chi connectivity index (χ3v) is 5.19. The highest BCUT2D eigenvalue weighted by molar-refractivity contribution is 6.15. The van der Waals surface area contributed by atoms with Crippen LogP contribution in [0.25, 0.3) is 6.08 Å². The van der Waals surface area contributed by atoms with Gasteiger partial charge in [0.1, 0.15) is 18.1 Å². The van der Waals surface area contributed by atoms with Crippen LogP contribution in [0.4, 0.5) is 14.9 Å². The van der Waals surface area contributed by atoms with Crippen LogP contribution in [-0.4, -0.2) is 33.9 Å². The van der Waals surface area contributed by atoms with Crippen LogP contribution in [0.1, 0.15) is 37.3 Å². The quantitative estimate of drug-likeness (QED) is 0.601. The van der Waals surface area contributed by atoms with E-state index in [2.05, 4.69) is 15.2 Å². The van der Waals surface area contributed by atoms with Gasteiger partial charge < -0.3 is 15.2 Å². The molecule has 1 saturated carbocycles. The van der Waals surface area contributed by atoms with Gasteiger partial charge in [-0.3, -0.25) is 9.59 Å². The Hall–Kier alpha value is -3.42. The molecule has 2 aliphatic rings. The van der Waals surface area contributed by atoms with Crippen molar-refractivity contribution in [2.75, 3.05) is 11.9 Å². The number of imide groups is 1. The second-order valence-electron chi connectivity index (χ2n) is 7.26. The summed E-state index contributed by atoms with van der Waals surface area (Å²) in [5.74, 6) is -1.53. The van der Waals surface area contributed by atoms with Gasteiger partial charge in [0, 0.05) is 24.1 Å². The maximum atomic E-state index is 12.9. The molecule has 0 bridgehead atoms. The molecule has 2 fully saturated rings. The molecule has 2 heterocycles. The lowest BCUT2D eigenvalue weighted by Crippen LogP contribution is -2.38. The lowest BCUT2D eigenvalue weighted by atomic mass is 10.2. The highest BCUT2D eigenvalue weighted by atomic mass is 19.1. The van der Waals surface area contributed by atoms with Gasteiger partial charge in [-0.15, -0.1) is 0 Å². The first-order chi connectivity index (χ1) is 14.0. The molecule has 1 aromatic heterocycles. The number of urea groups is 1. The molecule has 0 radical (unpaired) electrons. The van der Waals surface area contributed by atoms with Crippen LogP contribution >= 0.6 is 0 Å². The van der Waals surface area contributed by atoms with Crippen LogP contribution in [-0.2, 0) is 9.59 Å². The monoisotopic (exact) mass is 396 g/mol. The average Bonchev–Trinajstić information content (AvgIpc) is 3.42. The zero-order chi connectivity index (χ0) is 20.4. The second-order valence-corrected chi connectivity index (χ2v) is 7.26. The Morgan fingerprint density at radius 2 is 1.90 bits per heavy atom. The van der Waals surface area contributed by atoms with Crippen LogP contribution in [0.3, 0.4) is 0 Å². The summed E-state index contributed by atoms with van der Waals surface area (Å²) < 4.78 is 15.1. The lowest BCUT2D eigenvalue weighted by molar-refractivity contribution is -0.127. The van der Waals surface area contributed by atoms with Gasteiger partial charge in [0.25, 0.3) is 5.91 Å². The lowest BCUT2D eigenvalue weighted by Gasteiger charge is -2.11. The van der Waals surface area contributed by atoms with Crippen LogP contribution in [0, 0.1) is 5.82 Å². The largest absolute Gasteiger partial charge is 0.351 e. The third kappa shape index (κ3) is 4.21. The molecule has 1 aliphatic heterocycles. The number of rotatable bonds is 5. The van der Waals surface area contributed by atoms with Crippen LogP contribution < -0.4 is 10.6 Å². The van der Waals surface area contributed by atoms with Gasteiger partial charge in [0.05, 0.1) is 0 Å². The summed E-state index contributed by atoms with van der Waals surface area (Å²) in [5, 5.41) is 5.05. The average molecular weight is 396 g/mol. The van der Waals surface area contributed by atoms with Crippen molar-refractivity contribution in [3.8, 4) is 0 Å². The molecule has 0 spiro atoms. The van der Waals surface area contributed by atoms with E-state index >= 15 is 0 Å². The molecular weight excluding hydrogens is 375 g/mol. The van der Waals surface area contributed by atoms with E-state index < -0.39 is 30.2 Å². The molecule has 1 aromatic carbocycles. The Kier molecular flexibility index (Phi) is 5.16. The zero-order valence-electron chi connectivity index (χ0n) is 15.7. The van der Waals surface area contributed by atoms with E-state index in [-0.39, 0.29) is 5.70 Å². The third-order valence-electron chi connectivity index (χ3n) is 5.19. The van der Waals surface area contributed by atoms with Crippen molar-refractivity contribution in [2.24, 2.45) is 0 Å². The Balaban J connectivity index is 1.41. The molecule has 1 saturated heterocycles. The fourth-order valence-electron chi connectivity index (χ4n) is 3.70. The topological polar surface area (TPSA) is 83.4 Å². The molecule has 7 nitrogen and oxygen atoms in total. The number of carbonyl (C=O) groups is 3. The molecule has 1 aliphatic carbocycles. The van der Waals surface area contributed by atoms with Crippen molar-refractivity contribution in [2.45, 2.75) is 31.7 Å². The molecule has 2 N–H and O–H groups in total. The van der Waals surface area contributed by atoms with Crippen LogP contribution in [0.15, 0.2) is 48.4 Å². The van der Waals surface area contributed by atoms with Crippen molar-refractivity contribution in [1.29, 1.82) is 0 Å². The van der Waals surface area contributed by atoms with E-state index in [0.717, 1.165) is 23.3 Å². The van der Waals surface area contributed by atoms with E-state index in [1.54, 1.807) is 6.08 Å². The van der Waals surface area contributed by atoms with Gasteiger partial charge in [0.15, 0.2) is 0 Å². The van der Waals surface area contributed by atoms with E-state index in [1.807, 2.05) is 18.5 Å². The first-order valence-electron chi connectivity index (χ1n) is 9.57. The summed E-state index contributed by atoms with van der Waals surface area (Å²) in [6.45, 7) is -0.428.